The van der Waals surface area contributed by atoms with Gasteiger partial charge in [0.05, 0.1) is 0 Å². The van der Waals surface area contributed by atoms with Crippen LogP contribution in [0.3, 0.4) is 0 Å². The summed E-state index contributed by atoms with van der Waals surface area (Å²) in [5.74, 6) is 0. The van der Waals surface area contributed by atoms with Gasteiger partial charge < -0.3 is 0 Å². The fourth-order valence-electron chi connectivity index (χ4n) is 0. The quantitative estimate of drug-likeness (QED) is 0.316. The van der Waals surface area contributed by atoms with Gasteiger partial charge in [0.1, 0.15) is 7.57 Å². The van der Waals surface area contributed by atoms with E-state index >= 15 is 0 Å². The van der Waals surface area contributed by atoms with Crippen LogP contribution in [-0.2, 0) is 0 Å². The first-order valence-electron chi connectivity index (χ1n) is 2.25. The molecule has 0 fully saturated rings. The van der Waals surface area contributed by atoms with Crippen LogP contribution in [0.1, 0.15) is 20.8 Å². The maximum atomic E-state index is 2.26. The molecule has 0 bridgehead atoms. The summed E-state index contributed by atoms with van der Waals surface area (Å²) >= 11 is 0. The van der Waals surface area contributed by atoms with Gasteiger partial charge in [-0.2, -0.15) is 8.46 Å². The third-order valence-corrected chi connectivity index (χ3v) is 2.25. The smallest absolute Gasteiger partial charge is 0.130 e. The summed E-state index contributed by atoms with van der Waals surface area (Å²) in [4.78, 5) is 0. The normalized spacial score (nSPS) is 13.8. The average molecular weight is 102 g/mol. The van der Waals surface area contributed by atoms with Gasteiger partial charge in [0.25, 0.3) is 0 Å². The van der Waals surface area contributed by atoms with Gasteiger partial charge in [0.15, 0.2) is 0 Å². The molecule has 0 aromatic carbocycles. The van der Waals surface area contributed by atoms with Gasteiger partial charge >= 0.3 is 0 Å². The van der Waals surface area contributed by atoms with Crippen LogP contribution >= 0.6 is 8.46 Å². The molecule has 36 valence electrons. The molecule has 0 aromatic rings. The van der Waals surface area contributed by atoms with E-state index in [4.69, 9.17) is 0 Å². The van der Waals surface area contributed by atoms with Crippen LogP contribution in [0.25, 0.3) is 0 Å². The van der Waals surface area contributed by atoms with Crippen molar-refractivity contribution in [2.75, 3.05) is 0 Å². The molecule has 0 aliphatic carbocycles. The van der Waals surface area contributed by atoms with Gasteiger partial charge in [-0.15, -0.1) is 0 Å². The molecule has 0 heterocycles. The zero-order valence-corrected chi connectivity index (χ0v) is 6.00. The Morgan fingerprint density at radius 3 is 1.50 bits per heavy atom. The van der Waals surface area contributed by atoms with E-state index in [-0.39, 0.29) is 0 Å². The van der Waals surface area contributed by atoms with Crippen LogP contribution in [0.5, 0.6) is 0 Å². The summed E-state index contributed by atoms with van der Waals surface area (Å²) in [5.41, 5.74) is 0. The summed E-state index contributed by atoms with van der Waals surface area (Å²) in [6, 6.07) is 0. The molecular formula is C4H12BP. The fraction of sp³-hybridized carbons (Fsp3) is 1.00. The Hall–Kier alpha value is 0.495. The topological polar surface area (TPSA) is 0 Å². The molecule has 0 spiro atoms. The highest BCUT2D eigenvalue weighted by Gasteiger charge is 2.02. The molecule has 0 aliphatic heterocycles. The number of hydrogen-bond acceptors (Lipinski definition) is 0. The minimum absolute atomic E-state index is 0.569. The van der Waals surface area contributed by atoms with E-state index in [0.29, 0.717) is 5.16 Å². The van der Waals surface area contributed by atoms with Crippen molar-refractivity contribution in [1.29, 1.82) is 0 Å². The van der Waals surface area contributed by atoms with E-state index in [1.54, 1.807) is 0 Å². The van der Waals surface area contributed by atoms with E-state index in [1.807, 2.05) is 0 Å². The third kappa shape index (κ3) is 4.49. The fourth-order valence-corrected chi connectivity index (χ4v) is 0. The monoisotopic (exact) mass is 102 g/mol. The molecular weight excluding hydrogens is 89.8 g/mol. The molecule has 0 aromatic heterocycles. The van der Waals surface area contributed by atoms with Crippen LogP contribution in [0, 0.1) is 0 Å². The minimum Gasteiger partial charge on any atom is -0.158 e. The van der Waals surface area contributed by atoms with Gasteiger partial charge in [-0.05, 0) is 5.16 Å². The van der Waals surface area contributed by atoms with Crippen LogP contribution in [0.4, 0.5) is 0 Å². The van der Waals surface area contributed by atoms with Crippen molar-refractivity contribution in [3.8, 4) is 0 Å². The highest BCUT2D eigenvalue weighted by molar-refractivity contribution is 7.67. The first-order chi connectivity index (χ1) is 2.56. The van der Waals surface area contributed by atoms with Crippen molar-refractivity contribution in [2.45, 2.75) is 25.9 Å². The van der Waals surface area contributed by atoms with E-state index in [2.05, 4.69) is 28.3 Å². The molecule has 0 nitrogen and oxygen atoms in total. The summed E-state index contributed by atoms with van der Waals surface area (Å²) in [7, 11) is 3.30. The number of rotatable bonds is 0. The summed E-state index contributed by atoms with van der Waals surface area (Å²) in [5, 5.41) is 0.569. The van der Waals surface area contributed by atoms with Crippen LogP contribution in [0.15, 0.2) is 0 Å². The highest BCUT2D eigenvalue weighted by Crippen LogP contribution is 2.24. The maximum Gasteiger partial charge on any atom is 0.130 e. The molecule has 0 saturated carbocycles. The predicted octanol–water partition coefficient (Wildman–Crippen LogP) is 1.01. The Morgan fingerprint density at radius 2 is 1.50 bits per heavy atom. The molecule has 1 atom stereocenters. The Morgan fingerprint density at radius 1 is 1.33 bits per heavy atom. The second kappa shape index (κ2) is 1.98. The lowest BCUT2D eigenvalue weighted by molar-refractivity contribution is 0.801. The van der Waals surface area contributed by atoms with Gasteiger partial charge in [0.2, 0.25) is 0 Å². The first-order valence-corrected chi connectivity index (χ1v) is 3.75. The van der Waals surface area contributed by atoms with Crippen LogP contribution < -0.4 is 0 Å². The second-order valence-electron chi connectivity index (χ2n) is 2.50. The average Bonchev–Trinajstić information content (AvgIpc) is 1.35. The Balaban J connectivity index is 3.17. The molecule has 2 heteroatoms. The summed E-state index contributed by atoms with van der Waals surface area (Å²) in [6.07, 6.45) is 0. The molecule has 0 radical (unpaired) electrons. The maximum absolute atomic E-state index is 2.26. The molecule has 0 saturated heterocycles. The molecule has 0 aliphatic rings. The van der Waals surface area contributed by atoms with Crippen LogP contribution in [0.2, 0.25) is 0 Å². The summed E-state index contributed by atoms with van der Waals surface area (Å²) < 4.78 is 0. The van der Waals surface area contributed by atoms with Gasteiger partial charge in [-0.1, -0.05) is 20.8 Å². The van der Waals surface area contributed by atoms with Gasteiger partial charge in [-0.3, -0.25) is 0 Å². The van der Waals surface area contributed by atoms with E-state index < -0.39 is 0 Å². The summed E-state index contributed by atoms with van der Waals surface area (Å²) in [6.45, 7) is 6.77. The Bertz CT molecular complexity index is 37.3. The minimum atomic E-state index is 0.569. The van der Waals surface area contributed by atoms with Crippen molar-refractivity contribution >= 4 is 16.0 Å². The third-order valence-electron chi connectivity index (χ3n) is 0.750. The van der Waals surface area contributed by atoms with Crippen molar-refractivity contribution < 1.29 is 0 Å². The lowest BCUT2D eigenvalue weighted by Gasteiger charge is -2.13. The predicted molar refractivity (Wildman–Crippen MR) is 36.6 cm³/mol. The van der Waals surface area contributed by atoms with Gasteiger partial charge in [0, 0.05) is 0 Å². The van der Waals surface area contributed by atoms with Crippen molar-refractivity contribution in [3.05, 3.63) is 0 Å². The SMILES string of the molecule is BPC(C)(C)C. The molecule has 0 amide bonds. The molecule has 1 unspecified atom stereocenters. The highest BCUT2D eigenvalue weighted by atomic mass is 31.1. The lowest BCUT2D eigenvalue weighted by atomic mass is 10.3. The van der Waals surface area contributed by atoms with Crippen molar-refractivity contribution in [1.82, 2.24) is 0 Å². The lowest BCUT2D eigenvalue weighted by Crippen LogP contribution is -2.02. The second-order valence-corrected chi connectivity index (χ2v) is 4.50. The zero-order chi connectivity index (χ0) is 5.21. The van der Waals surface area contributed by atoms with Crippen molar-refractivity contribution in [2.24, 2.45) is 0 Å². The standard InChI is InChI=1S/C4H12BP/c1-4(2,3)6-5/h6H,5H2,1-3H3. The van der Waals surface area contributed by atoms with E-state index in [9.17, 15) is 0 Å². The molecule has 6 heavy (non-hydrogen) atoms. The van der Waals surface area contributed by atoms with E-state index in [0.717, 1.165) is 8.46 Å². The molecule has 0 rings (SSSR count). The van der Waals surface area contributed by atoms with Gasteiger partial charge in [-0.25, -0.2) is 0 Å². The van der Waals surface area contributed by atoms with Crippen molar-refractivity contribution in [3.63, 3.8) is 0 Å². The first kappa shape index (κ1) is 6.49. The Labute approximate surface area is 42.9 Å². The van der Waals surface area contributed by atoms with E-state index in [1.165, 1.54) is 0 Å². The largest absolute Gasteiger partial charge is 0.158 e. The van der Waals surface area contributed by atoms with Crippen LogP contribution in [-0.4, -0.2) is 12.7 Å². The Kier molecular flexibility index (Phi) is 2.14. The number of hydrogen-bond donors (Lipinski definition) is 0. The molecule has 0 N–H and O–H groups in total. The zero-order valence-electron chi connectivity index (χ0n) is 5.00.